The average molecular weight is 352 g/mol. The Morgan fingerprint density at radius 2 is 1.74 bits per heavy atom. The van der Waals surface area contributed by atoms with Crippen LogP contribution in [0, 0.1) is 0 Å². The quantitative estimate of drug-likeness (QED) is 0.796. The van der Waals surface area contributed by atoms with E-state index in [2.05, 4.69) is 5.32 Å². The summed E-state index contributed by atoms with van der Waals surface area (Å²) >= 11 is 12.2. The predicted molar refractivity (Wildman–Crippen MR) is 94.3 cm³/mol. The summed E-state index contributed by atoms with van der Waals surface area (Å²) in [4.78, 5) is 12.0. The molecule has 0 aliphatic heterocycles. The van der Waals surface area contributed by atoms with E-state index in [4.69, 9.17) is 27.9 Å². The maximum Gasteiger partial charge on any atom is 0.220 e. The molecule has 0 radical (unpaired) electrons. The van der Waals surface area contributed by atoms with Gasteiger partial charge in [-0.05, 0) is 43.2 Å². The van der Waals surface area contributed by atoms with Gasteiger partial charge in [-0.15, -0.1) is 0 Å². The first-order valence-corrected chi connectivity index (χ1v) is 8.22. The summed E-state index contributed by atoms with van der Waals surface area (Å²) in [6.07, 6.45) is 0.843. The van der Waals surface area contributed by atoms with Crippen molar-refractivity contribution in [1.29, 1.82) is 0 Å². The number of hydrogen-bond donors (Lipinski definition) is 1. The molecule has 1 unspecified atom stereocenters. The zero-order valence-electron chi connectivity index (χ0n) is 12.9. The molecule has 3 nitrogen and oxygen atoms in total. The first-order chi connectivity index (χ1) is 11.1. The van der Waals surface area contributed by atoms with E-state index in [9.17, 15) is 4.79 Å². The van der Waals surface area contributed by atoms with Crippen molar-refractivity contribution >= 4 is 29.1 Å². The summed E-state index contributed by atoms with van der Waals surface area (Å²) in [5.74, 6) is 0.738. The lowest BCUT2D eigenvalue weighted by atomic mass is 10.1. The second kappa shape index (κ2) is 8.80. The van der Waals surface area contributed by atoms with Gasteiger partial charge in [0.15, 0.2) is 0 Å². The minimum Gasteiger partial charge on any atom is -0.491 e. The van der Waals surface area contributed by atoms with Crippen molar-refractivity contribution in [3.8, 4) is 5.75 Å². The van der Waals surface area contributed by atoms with Gasteiger partial charge in [-0.1, -0.05) is 47.5 Å². The monoisotopic (exact) mass is 351 g/mol. The van der Waals surface area contributed by atoms with Crippen molar-refractivity contribution in [3.63, 3.8) is 0 Å². The molecule has 2 aromatic carbocycles. The van der Waals surface area contributed by atoms with Gasteiger partial charge in [0.05, 0.1) is 6.04 Å². The average Bonchev–Trinajstić information content (AvgIpc) is 2.53. The van der Waals surface area contributed by atoms with Crippen LogP contribution in [0.15, 0.2) is 48.5 Å². The zero-order chi connectivity index (χ0) is 16.7. The number of halogens is 2. The molecule has 0 aliphatic rings. The summed E-state index contributed by atoms with van der Waals surface area (Å²) in [5, 5.41) is 4.09. The molecule has 0 aromatic heterocycles. The molecular formula is C18H19Cl2NO2. The van der Waals surface area contributed by atoms with Crippen molar-refractivity contribution in [1.82, 2.24) is 5.32 Å². The number of ether oxygens (including phenoxy) is 1. The van der Waals surface area contributed by atoms with Crippen molar-refractivity contribution in [2.24, 2.45) is 0 Å². The topological polar surface area (TPSA) is 38.3 Å². The largest absolute Gasteiger partial charge is 0.491 e. The van der Waals surface area contributed by atoms with E-state index in [1.165, 1.54) is 0 Å². The molecule has 2 aromatic rings. The Morgan fingerprint density at radius 1 is 1.09 bits per heavy atom. The van der Waals surface area contributed by atoms with Crippen LogP contribution < -0.4 is 10.1 Å². The molecule has 23 heavy (non-hydrogen) atoms. The van der Waals surface area contributed by atoms with Crippen molar-refractivity contribution in [3.05, 3.63) is 64.1 Å². The molecule has 0 aliphatic carbocycles. The minimum absolute atomic E-state index is 0.0508. The molecule has 0 saturated carbocycles. The maximum absolute atomic E-state index is 12.0. The Balaban J connectivity index is 1.76. The van der Waals surface area contributed by atoms with E-state index in [1.54, 1.807) is 18.2 Å². The van der Waals surface area contributed by atoms with Crippen LogP contribution in [-0.2, 0) is 11.2 Å². The number of hydrogen-bond acceptors (Lipinski definition) is 2. The van der Waals surface area contributed by atoms with E-state index in [0.29, 0.717) is 29.5 Å². The van der Waals surface area contributed by atoms with E-state index < -0.39 is 0 Å². The SMILES string of the molecule is CC(COc1ccccc1)NC(=O)CCc1c(Cl)cccc1Cl. The highest BCUT2D eigenvalue weighted by molar-refractivity contribution is 6.36. The first-order valence-electron chi connectivity index (χ1n) is 7.46. The molecular weight excluding hydrogens is 333 g/mol. The fraction of sp³-hybridized carbons (Fsp3) is 0.278. The van der Waals surface area contributed by atoms with Crippen molar-refractivity contribution in [2.45, 2.75) is 25.8 Å². The molecule has 5 heteroatoms. The molecule has 0 heterocycles. The molecule has 1 amide bonds. The Bertz CT molecular complexity index is 626. The van der Waals surface area contributed by atoms with Gasteiger partial charge in [0.25, 0.3) is 0 Å². The van der Waals surface area contributed by atoms with Gasteiger partial charge < -0.3 is 10.1 Å². The van der Waals surface area contributed by atoms with Crippen molar-refractivity contribution in [2.75, 3.05) is 6.61 Å². The van der Waals surface area contributed by atoms with Crippen LogP contribution in [0.2, 0.25) is 10.0 Å². The van der Waals surface area contributed by atoms with E-state index >= 15 is 0 Å². The number of carbonyl (C=O) groups excluding carboxylic acids is 1. The third kappa shape index (κ3) is 5.77. The van der Waals surface area contributed by atoms with Crippen LogP contribution >= 0.6 is 23.2 Å². The number of nitrogens with one attached hydrogen (secondary N) is 1. The summed E-state index contributed by atoms with van der Waals surface area (Å²) in [5.41, 5.74) is 0.805. The number of para-hydroxylation sites is 1. The molecule has 0 bridgehead atoms. The Kier molecular flexibility index (Phi) is 6.75. The van der Waals surface area contributed by atoms with E-state index in [-0.39, 0.29) is 11.9 Å². The fourth-order valence-electron chi connectivity index (χ4n) is 2.14. The number of rotatable bonds is 7. The molecule has 1 atom stereocenters. The molecule has 0 spiro atoms. The summed E-state index contributed by atoms with van der Waals surface area (Å²) in [6, 6.07) is 14.8. The third-order valence-corrected chi connectivity index (χ3v) is 4.02. The third-order valence-electron chi connectivity index (χ3n) is 3.31. The van der Waals surface area contributed by atoms with Gasteiger partial charge in [-0.25, -0.2) is 0 Å². The van der Waals surface area contributed by atoms with Crippen LogP contribution in [0.25, 0.3) is 0 Å². The lowest BCUT2D eigenvalue weighted by Gasteiger charge is -2.15. The highest BCUT2D eigenvalue weighted by Gasteiger charge is 2.11. The molecule has 122 valence electrons. The van der Waals surface area contributed by atoms with Crippen LogP contribution in [-0.4, -0.2) is 18.6 Å². The summed E-state index contributed by atoms with van der Waals surface area (Å²) < 4.78 is 5.61. The van der Waals surface area contributed by atoms with Gasteiger partial charge >= 0.3 is 0 Å². The molecule has 0 fully saturated rings. The standard InChI is InChI=1S/C18H19Cl2NO2/c1-13(12-23-14-6-3-2-4-7-14)21-18(22)11-10-15-16(19)8-5-9-17(15)20/h2-9,13H,10-12H2,1H3,(H,21,22). The molecule has 1 N–H and O–H groups in total. The smallest absolute Gasteiger partial charge is 0.220 e. The van der Waals surface area contributed by atoms with E-state index in [1.807, 2.05) is 37.3 Å². The van der Waals surface area contributed by atoms with Crippen molar-refractivity contribution < 1.29 is 9.53 Å². The minimum atomic E-state index is -0.0792. The number of benzene rings is 2. The predicted octanol–water partition coefficient (Wildman–Crippen LogP) is 4.51. The lowest BCUT2D eigenvalue weighted by Crippen LogP contribution is -2.36. The summed E-state index contributed by atoms with van der Waals surface area (Å²) in [7, 11) is 0. The van der Waals surface area contributed by atoms with Gasteiger partial charge in [-0.3, -0.25) is 4.79 Å². The maximum atomic E-state index is 12.0. The Hall–Kier alpha value is -1.71. The van der Waals surface area contributed by atoms with Crippen LogP contribution in [0.5, 0.6) is 5.75 Å². The fourth-order valence-corrected chi connectivity index (χ4v) is 2.72. The van der Waals surface area contributed by atoms with Gasteiger partial charge in [0.2, 0.25) is 5.91 Å². The van der Waals surface area contributed by atoms with Gasteiger partial charge in [-0.2, -0.15) is 0 Å². The van der Waals surface area contributed by atoms with E-state index in [0.717, 1.165) is 11.3 Å². The Morgan fingerprint density at radius 3 is 2.39 bits per heavy atom. The number of amides is 1. The van der Waals surface area contributed by atoms with Crippen LogP contribution in [0.3, 0.4) is 0 Å². The second-order valence-electron chi connectivity index (χ2n) is 5.29. The second-order valence-corrected chi connectivity index (χ2v) is 6.11. The Labute approximate surface area is 146 Å². The lowest BCUT2D eigenvalue weighted by molar-refractivity contribution is -0.121. The van der Waals surface area contributed by atoms with Gasteiger partial charge in [0, 0.05) is 16.5 Å². The molecule has 0 saturated heterocycles. The first kappa shape index (κ1) is 17.6. The van der Waals surface area contributed by atoms with Crippen LogP contribution in [0.4, 0.5) is 0 Å². The summed E-state index contributed by atoms with van der Waals surface area (Å²) in [6.45, 7) is 2.33. The van der Waals surface area contributed by atoms with Crippen LogP contribution in [0.1, 0.15) is 18.9 Å². The molecule has 2 rings (SSSR count). The normalized spacial score (nSPS) is 11.8. The highest BCUT2D eigenvalue weighted by Crippen LogP contribution is 2.25. The number of carbonyl (C=O) groups is 1. The van der Waals surface area contributed by atoms with Gasteiger partial charge in [0.1, 0.15) is 12.4 Å². The highest BCUT2D eigenvalue weighted by atomic mass is 35.5. The zero-order valence-corrected chi connectivity index (χ0v) is 14.4.